The summed E-state index contributed by atoms with van der Waals surface area (Å²) in [6.45, 7) is 8.80. The molecule has 6 rings (SSSR count). The molecular weight excluding hydrogens is 432 g/mol. The van der Waals surface area contributed by atoms with E-state index in [1.807, 2.05) is 0 Å². The third kappa shape index (κ3) is 3.71. The molecule has 0 amide bonds. The Bertz CT molecular complexity index is 1590. The quantitative estimate of drug-likeness (QED) is 0.245. The van der Waals surface area contributed by atoms with Gasteiger partial charge >= 0.3 is 0 Å². The van der Waals surface area contributed by atoms with Crippen LogP contribution in [0.3, 0.4) is 0 Å². The van der Waals surface area contributed by atoms with Gasteiger partial charge in [0.1, 0.15) is 0 Å². The first kappa shape index (κ1) is 22.3. The van der Waals surface area contributed by atoms with E-state index in [0.717, 1.165) is 0 Å². The van der Waals surface area contributed by atoms with Crippen molar-refractivity contribution in [3.63, 3.8) is 0 Å². The normalized spacial score (nSPS) is 11.3. The molecule has 0 N–H and O–H groups in total. The fourth-order valence-electron chi connectivity index (χ4n) is 5.89. The van der Waals surface area contributed by atoms with Crippen LogP contribution in [0.25, 0.3) is 54.9 Å². The van der Waals surface area contributed by atoms with Crippen molar-refractivity contribution in [3.05, 3.63) is 131 Å². The minimum absolute atomic E-state index is 1.27. The van der Waals surface area contributed by atoms with E-state index in [1.165, 1.54) is 77.2 Å². The molecule has 0 heteroatoms. The Kier molecular flexibility index (Phi) is 5.46. The van der Waals surface area contributed by atoms with Gasteiger partial charge in [-0.05, 0) is 117 Å². The maximum absolute atomic E-state index is 2.35. The lowest BCUT2D eigenvalue weighted by Gasteiger charge is -2.15. The molecule has 0 fully saturated rings. The Morgan fingerprint density at radius 3 is 1.11 bits per heavy atom. The van der Waals surface area contributed by atoms with Crippen LogP contribution in [0.4, 0.5) is 0 Å². The largest absolute Gasteiger partial charge is 0.0617 e. The summed E-state index contributed by atoms with van der Waals surface area (Å²) in [5, 5.41) is 5.13. The molecule has 0 atom stereocenters. The molecule has 0 aromatic heterocycles. The van der Waals surface area contributed by atoms with E-state index < -0.39 is 0 Å². The highest BCUT2D eigenvalue weighted by Crippen LogP contribution is 2.38. The Morgan fingerprint density at radius 1 is 0.361 bits per heavy atom. The van der Waals surface area contributed by atoms with Crippen molar-refractivity contribution in [1.82, 2.24) is 0 Å². The van der Waals surface area contributed by atoms with Crippen LogP contribution < -0.4 is 0 Å². The average Bonchev–Trinajstić information content (AvgIpc) is 2.87. The molecular formula is C36H30. The van der Waals surface area contributed by atoms with E-state index in [-0.39, 0.29) is 0 Å². The molecule has 0 heterocycles. The fourth-order valence-corrected chi connectivity index (χ4v) is 5.89. The van der Waals surface area contributed by atoms with E-state index in [4.69, 9.17) is 0 Å². The third-order valence-corrected chi connectivity index (χ3v) is 7.59. The van der Waals surface area contributed by atoms with Gasteiger partial charge in [0.05, 0.1) is 0 Å². The van der Waals surface area contributed by atoms with Gasteiger partial charge in [0.15, 0.2) is 0 Å². The second-order valence-corrected chi connectivity index (χ2v) is 10.0. The fraction of sp³-hybridized carbons (Fsp3) is 0.111. The van der Waals surface area contributed by atoms with Crippen LogP contribution in [0.15, 0.2) is 109 Å². The van der Waals surface area contributed by atoms with Crippen molar-refractivity contribution < 1.29 is 0 Å². The summed E-state index contributed by atoms with van der Waals surface area (Å²) >= 11 is 0. The van der Waals surface area contributed by atoms with Gasteiger partial charge in [0.2, 0.25) is 0 Å². The highest BCUT2D eigenvalue weighted by Gasteiger charge is 2.12. The minimum atomic E-state index is 1.27. The Balaban J connectivity index is 1.51. The van der Waals surface area contributed by atoms with E-state index in [1.54, 1.807) is 0 Å². The van der Waals surface area contributed by atoms with Crippen molar-refractivity contribution in [3.8, 4) is 33.4 Å². The summed E-state index contributed by atoms with van der Waals surface area (Å²) in [7, 11) is 0. The highest BCUT2D eigenvalue weighted by atomic mass is 14.2. The average molecular weight is 463 g/mol. The zero-order valence-corrected chi connectivity index (χ0v) is 21.4. The molecule has 0 radical (unpaired) electrons. The molecule has 0 aliphatic carbocycles. The number of hydrogen-bond donors (Lipinski definition) is 0. The number of hydrogen-bond acceptors (Lipinski definition) is 0. The zero-order valence-electron chi connectivity index (χ0n) is 21.4. The standard InChI is InChI=1S/C36H30/c1-23-9-5-10-24(2)35(23)29-17-19-31-27(21-29)13-7-15-33(31)34-16-8-14-28-22-30(18-20-32(28)34)36-25(3)11-6-12-26(36)4/h5-22H,1-4H3. The zero-order chi connectivity index (χ0) is 24.8. The first-order chi connectivity index (χ1) is 17.5. The second kappa shape index (κ2) is 8.81. The molecule has 0 saturated heterocycles. The van der Waals surface area contributed by atoms with E-state index in [9.17, 15) is 0 Å². The molecule has 0 aliphatic rings. The molecule has 0 aliphatic heterocycles. The minimum Gasteiger partial charge on any atom is -0.0617 e. The predicted molar refractivity (Wildman–Crippen MR) is 157 cm³/mol. The molecule has 6 aromatic rings. The summed E-state index contributed by atoms with van der Waals surface area (Å²) in [5.41, 5.74) is 13.1. The molecule has 0 spiro atoms. The summed E-state index contributed by atoms with van der Waals surface area (Å²) < 4.78 is 0. The van der Waals surface area contributed by atoms with E-state index in [2.05, 4.69) is 137 Å². The van der Waals surface area contributed by atoms with Crippen LogP contribution in [0.5, 0.6) is 0 Å². The van der Waals surface area contributed by atoms with Crippen LogP contribution in [-0.4, -0.2) is 0 Å². The number of rotatable bonds is 3. The van der Waals surface area contributed by atoms with E-state index >= 15 is 0 Å². The Hall–Kier alpha value is -4.16. The van der Waals surface area contributed by atoms with E-state index in [0.29, 0.717) is 0 Å². The van der Waals surface area contributed by atoms with Gasteiger partial charge in [-0.2, -0.15) is 0 Å². The van der Waals surface area contributed by atoms with Gasteiger partial charge in [-0.15, -0.1) is 0 Å². The number of fused-ring (bicyclic) bond motifs is 2. The Morgan fingerprint density at radius 2 is 0.722 bits per heavy atom. The third-order valence-electron chi connectivity index (χ3n) is 7.59. The van der Waals surface area contributed by atoms with Crippen LogP contribution >= 0.6 is 0 Å². The maximum Gasteiger partial charge on any atom is -0.00992 e. The number of aryl methyl sites for hydroxylation is 4. The summed E-state index contributed by atoms with van der Waals surface area (Å²) in [4.78, 5) is 0. The lowest BCUT2D eigenvalue weighted by Crippen LogP contribution is -1.90. The summed E-state index contributed by atoms with van der Waals surface area (Å²) in [6.07, 6.45) is 0. The van der Waals surface area contributed by atoms with Crippen LogP contribution in [0.1, 0.15) is 22.3 Å². The monoisotopic (exact) mass is 462 g/mol. The van der Waals surface area contributed by atoms with Crippen molar-refractivity contribution in [2.45, 2.75) is 27.7 Å². The molecule has 36 heavy (non-hydrogen) atoms. The van der Waals surface area contributed by atoms with Gasteiger partial charge in [0, 0.05) is 0 Å². The predicted octanol–water partition coefficient (Wildman–Crippen LogP) is 10.2. The molecule has 0 nitrogen and oxygen atoms in total. The molecule has 6 aromatic carbocycles. The first-order valence-electron chi connectivity index (χ1n) is 12.7. The SMILES string of the molecule is Cc1cccc(C)c1-c1ccc2c(-c3cccc4cc(-c5c(C)cccc5C)ccc34)cccc2c1. The summed E-state index contributed by atoms with van der Waals surface area (Å²) in [6, 6.07) is 40.3. The second-order valence-electron chi connectivity index (χ2n) is 10.0. The van der Waals surface area contributed by atoms with Gasteiger partial charge in [-0.1, -0.05) is 97.1 Å². The van der Waals surface area contributed by atoms with Gasteiger partial charge in [0.25, 0.3) is 0 Å². The van der Waals surface area contributed by atoms with Gasteiger partial charge < -0.3 is 0 Å². The summed E-state index contributed by atoms with van der Waals surface area (Å²) in [5.74, 6) is 0. The lowest BCUT2D eigenvalue weighted by atomic mass is 9.89. The highest BCUT2D eigenvalue weighted by molar-refractivity contribution is 6.07. The topological polar surface area (TPSA) is 0 Å². The van der Waals surface area contributed by atoms with Crippen LogP contribution in [0.2, 0.25) is 0 Å². The van der Waals surface area contributed by atoms with Gasteiger partial charge in [-0.3, -0.25) is 0 Å². The molecule has 0 saturated carbocycles. The van der Waals surface area contributed by atoms with Gasteiger partial charge in [-0.25, -0.2) is 0 Å². The maximum atomic E-state index is 2.35. The van der Waals surface area contributed by atoms with Crippen molar-refractivity contribution >= 4 is 21.5 Å². The van der Waals surface area contributed by atoms with Crippen molar-refractivity contribution in [1.29, 1.82) is 0 Å². The van der Waals surface area contributed by atoms with Crippen molar-refractivity contribution in [2.24, 2.45) is 0 Å². The molecule has 0 unspecified atom stereocenters. The smallest absolute Gasteiger partial charge is 0.00992 e. The van der Waals surface area contributed by atoms with Crippen molar-refractivity contribution in [2.75, 3.05) is 0 Å². The Labute approximate surface area is 213 Å². The lowest BCUT2D eigenvalue weighted by molar-refractivity contribution is 1.38. The molecule has 174 valence electrons. The van der Waals surface area contributed by atoms with Crippen LogP contribution in [-0.2, 0) is 0 Å². The first-order valence-corrected chi connectivity index (χ1v) is 12.7. The number of benzene rings is 6. The van der Waals surface area contributed by atoms with Crippen LogP contribution in [0, 0.1) is 27.7 Å². The molecule has 0 bridgehead atoms.